The lowest BCUT2D eigenvalue weighted by Gasteiger charge is -2.41. The largest absolute Gasteiger partial charge is 0.392 e. The summed E-state index contributed by atoms with van der Waals surface area (Å²) >= 11 is 0. The molecule has 0 N–H and O–H groups in total. The van der Waals surface area contributed by atoms with E-state index < -0.39 is 10.8 Å². The smallest absolute Gasteiger partial charge is 0.325 e. The van der Waals surface area contributed by atoms with Crippen LogP contribution in [0.4, 0.5) is 0 Å². The Morgan fingerprint density at radius 1 is 0.933 bits per heavy atom. The van der Waals surface area contributed by atoms with E-state index in [1.807, 2.05) is 24.3 Å². The Balaban J connectivity index is 2.23. The summed E-state index contributed by atoms with van der Waals surface area (Å²) in [4.78, 5) is 23.7. The van der Waals surface area contributed by atoms with E-state index in [1.54, 1.807) is 0 Å². The highest BCUT2D eigenvalue weighted by Crippen LogP contribution is 2.59. The molecule has 3 heteroatoms. The third-order valence-corrected chi connectivity index (χ3v) is 3.97. The molecule has 2 atom stereocenters. The first-order valence-corrected chi connectivity index (χ1v) is 5.35. The monoisotopic (exact) mass is 204 g/mol. The van der Waals surface area contributed by atoms with Gasteiger partial charge in [0.15, 0.2) is 0 Å². The standard InChI is InChI=1S/C12H12O3/c13-9-11-5-1-2-6-12(11,10(14)15-9)8-4-3-7-11/h1-2,5-6H,3-4,7-8H2. The van der Waals surface area contributed by atoms with E-state index in [0.29, 0.717) is 0 Å². The number of hydrogen-bond donors (Lipinski definition) is 0. The first kappa shape index (κ1) is 8.89. The van der Waals surface area contributed by atoms with Gasteiger partial charge in [0.2, 0.25) is 0 Å². The van der Waals surface area contributed by atoms with E-state index in [2.05, 4.69) is 0 Å². The summed E-state index contributed by atoms with van der Waals surface area (Å²) in [5, 5.41) is 0. The van der Waals surface area contributed by atoms with Gasteiger partial charge in [-0.15, -0.1) is 0 Å². The van der Waals surface area contributed by atoms with Gasteiger partial charge in [-0.2, -0.15) is 0 Å². The van der Waals surface area contributed by atoms with E-state index in [9.17, 15) is 9.59 Å². The number of carbonyl (C=O) groups excluding carboxylic acids is 2. The summed E-state index contributed by atoms with van der Waals surface area (Å²) in [6.45, 7) is 0. The van der Waals surface area contributed by atoms with Crippen molar-refractivity contribution in [2.75, 3.05) is 0 Å². The lowest BCUT2D eigenvalue weighted by molar-refractivity contribution is -0.155. The van der Waals surface area contributed by atoms with Crippen LogP contribution in [0.5, 0.6) is 0 Å². The average molecular weight is 204 g/mol. The molecule has 1 saturated carbocycles. The van der Waals surface area contributed by atoms with E-state index in [1.165, 1.54) is 0 Å². The quantitative estimate of drug-likeness (QED) is 0.446. The minimum absolute atomic E-state index is 0.354. The molecule has 2 aliphatic carbocycles. The summed E-state index contributed by atoms with van der Waals surface area (Å²) < 4.78 is 4.86. The summed E-state index contributed by atoms with van der Waals surface area (Å²) in [5.41, 5.74) is -1.37. The molecule has 1 aliphatic heterocycles. The summed E-state index contributed by atoms with van der Waals surface area (Å²) in [7, 11) is 0. The lowest BCUT2D eigenvalue weighted by atomic mass is 9.55. The molecule has 1 heterocycles. The minimum Gasteiger partial charge on any atom is -0.392 e. The fourth-order valence-corrected chi connectivity index (χ4v) is 3.13. The second-order valence-corrected chi connectivity index (χ2v) is 4.55. The van der Waals surface area contributed by atoms with Crippen molar-refractivity contribution in [3.63, 3.8) is 0 Å². The van der Waals surface area contributed by atoms with Crippen molar-refractivity contribution in [2.45, 2.75) is 25.7 Å². The average Bonchev–Trinajstić information content (AvgIpc) is 2.50. The summed E-state index contributed by atoms with van der Waals surface area (Å²) in [6.07, 6.45) is 10.9. The van der Waals surface area contributed by atoms with Crippen LogP contribution >= 0.6 is 0 Å². The van der Waals surface area contributed by atoms with Gasteiger partial charge in [-0.05, 0) is 12.8 Å². The molecule has 0 amide bonds. The van der Waals surface area contributed by atoms with Gasteiger partial charge >= 0.3 is 11.9 Å². The van der Waals surface area contributed by atoms with Crippen molar-refractivity contribution < 1.29 is 14.3 Å². The predicted molar refractivity (Wildman–Crippen MR) is 52.7 cm³/mol. The lowest BCUT2D eigenvalue weighted by Crippen LogP contribution is -2.45. The molecule has 0 aromatic carbocycles. The molecule has 78 valence electrons. The molecule has 2 unspecified atom stereocenters. The summed E-state index contributed by atoms with van der Waals surface area (Å²) in [6, 6.07) is 0. The first-order valence-electron chi connectivity index (χ1n) is 5.35. The second-order valence-electron chi connectivity index (χ2n) is 4.55. The van der Waals surface area contributed by atoms with E-state index in [0.717, 1.165) is 25.7 Å². The van der Waals surface area contributed by atoms with Crippen LogP contribution in [0.25, 0.3) is 0 Å². The number of ether oxygens (including phenoxy) is 1. The van der Waals surface area contributed by atoms with Crippen LogP contribution in [0.15, 0.2) is 24.3 Å². The Kier molecular flexibility index (Phi) is 1.54. The molecule has 15 heavy (non-hydrogen) atoms. The SMILES string of the molecule is O=C1OC(=O)C23C=CC=CC12CCCC3. The molecular formula is C12H12O3. The Hall–Kier alpha value is -1.38. The molecular weight excluding hydrogens is 192 g/mol. The van der Waals surface area contributed by atoms with Gasteiger partial charge in [-0.25, -0.2) is 0 Å². The van der Waals surface area contributed by atoms with E-state index in [-0.39, 0.29) is 11.9 Å². The van der Waals surface area contributed by atoms with Crippen molar-refractivity contribution in [3.8, 4) is 0 Å². The van der Waals surface area contributed by atoms with Crippen molar-refractivity contribution >= 4 is 11.9 Å². The van der Waals surface area contributed by atoms with Gasteiger partial charge in [0.1, 0.15) is 10.8 Å². The molecule has 3 nitrogen and oxygen atoms in total. The zero-order chi connectivity index (χ0) is 10.5. The van der Waals surface area contributed by atoms with Gasteiger partial charge in [-0.1, -0.05) is 37.1 Å². The molecule has 3 aliphatic rings. The number of allylic oxidation sites excluding steroid dienone is 2. The zero-order valence-corrected chi connectivity index (χ0v) is 8.36. The third-order valence-electron chi connectivity index (χ3n) is 3.97. The Bertz CT molecular complexity index is 369. The molecule has 0 bridgehead atoms. The van der Waals surface area contributed by atoms with Gasteiger partial charge in [-0.3, -0.25) is 9.59 Å². The van der Waals surface area contributed by atoms with Crippen molar-refractivity contribution in [1.29, 1.82) is 0 Å². The highest BCUT2D eigenvalue weighted by Gasteiger charge is 2.66. The normalized spacial score (nSPS) is 42.4. The molecule has 0 aromatic heterocycles. The molecule has 1 saturated heterocycles. The van der Waals surface area contributed by atoms with Crippen molar-refractivity contribution in [1.82, 2.24) is 0 Å². The number of cyclic esters (lactones) is 2. The topological polar surface area (TPSA) is 43.4 Å². The highest BCUT2D eigenvalue weighted by atomic mass is 16.6. The van der Waals surface area contributed by atoms with Crippen molar-refractivity contribution in [2.24, 2.45) is 10.8 Å². The van der Waals surface area contributed by atoms with E-state index in [4.69, 9.17) is 4.74 Å². The molecule has 3 rings (SSSR count). The first-order chi connectivity index (χ1) is 7.21. The molecule has 0 radical (unpaired) electrons. The van der Waals surface area contributed by atoms with Crippen LogP contribution in [-0.4, -0.2) is 11.9 Å². The Labute approximate surface area is 87.8 Å². The van der Waals surface area contributed by atoms with E-state index >= 15 is 0 Å². The zero-order valence-electron chi connectivity index (χ0n) is 8.36. The minimum atomic E-state index is -0.683. The van der Waals surface area contributed by atoms with Gasteiger partial charge < -0.3 is 4.74 Å². The second kappa shape index (κ2) is 2.60. The predicted octanol–water partition coefficient (Wildman–Crippen LogP) is 1.74. The number of esters is 2. The van der Waals surface area contributed by atoms with Crippen LogP contribution in [0.1, 0.15) is 25.7 Å². The fourth-order valence-electron chi connectivity index (χ4n) is 3.13. The highest BCUT2D eigenvalue weighted by molar-refractivity contribution is 6.04. The Morgan fingerprint density at radius 3 is 1.87 bits per heavy atom. The maximum absolute atomic E-state index is 11.8. The van der Waals surface area contributed by atoms with Crippen molar-refractivity contribution in [3.05, 3.63) is 24.3 Å². The summed E-state index contributed by atoms with van der Waals surface area (Å²) in [5.74, 6) is -0.708. The number of rotatable bonds is 0. The molecule has 0 aromatic rings. The molecule has 2 fully saturated rings. The van der Waals surface area contributed by atoms with Crippen LogP contribution in [0.2, 0.25) is 0 Å². The van der Waals surface area contributed by atoms with Gasteiger partial charge in [0.25, 0.3) is 0 Å². The van der Waals surface area contributed by atoms with Crippen LogP contribution in [0.3, 0.4) is 0 Å². The van der Waals surface area contributed by atoms with Gasteiger partial charge in [0, 0.05) is 0 Å². The maximum Gasteiger partial charge on any atom is 0.325 e. The number of carbonyl (C=O) groups is 2. The Morgan fingerprint density at radius 2 is 1.40 bits per heavy atom. The molecule has 0 spiro atoms. The van der Waals surface area contributed by atoms with Crippen LogP contribution < -0.4 is 0 Å². The van der Waals surface area contributed by atoms with Gasteiger partial charge in [0.05, 0.1) is 0 Å². The van der Waals surface area contributed by atoms with Crippen LogP contribution in [-0.2, 0) is 14.3 Å². The van der Waals surface area contributed by atoms with Crippen LogP contribution in [0, 0.1) is 10.8 Å². The third kappa shape index (κ3) is 0.822. The fraction of sp³-hybridized carbons (Fsp3) is 0.500. The number of hydrogen-bond acceptors (Lipinski definition) is 3. The maximum atomic E-state index is 11.8.